The van der Waals surface area contributed by atoms with E-state index < -0.39 is 0 Å². The molecule has 0 spiro atoms. The lowest BCUT2D eigenvalue weighted by Gasteiger charge is -2.24. The van der Waals surface area contributed by atoms with Gasteiger partial charge in [-0.1, -0.05) is 13.0 Å². The van der Waals surface area contributed by atoms with Crippen LogP contribution in [0.2, 0.25) is 0 Å². The molecule has 0 aliphatic heterocycles. The molecule has 0 rings (SSSR count). The minimum atomic E-state index is -0.104. The molecule has 0 bridgehead atoms. The Balaban J connectivity index is 3.67. The van der Waals surface area contributed by atoms with Gasteiger partial charge in [0, 0.05) is 12.1 Å². The van der Waals surface area contributed by atoms with Crippen molar-refractivity contribution in [1.29, 1.82) is 0 Å². The van der Waals surface area contributed by atoms with Crippen LogP contribution in [0.25, 0.3) is 0 Å². The molecule has 0 aromatic heterocycles. The summed E-state index contributed by atoms with van der Waals surface area (Å²) < 4.78 is 0. The number of nitrogens with one attached hydrogen (secondary N) is 2. The first-order valence-electron chi connectivity index (χ1n) is 4.64. The van der Waals surface area contributed by atoms with Gasteiger partial charge in [0.25, 0.3) is 0 Å². The second-order valence-corrected chi connectivity index (χ2v) is 3.71. The van der Waals surface area contributed by atoms with Gasteiger partial charge < -0.3 is 10.6 Å². The molecule has 0 aliphatic rings. The number of carbonyl (C=O) groups excluding carboxylic acids is 1. The molecule has 0 unspecified atom stereocenters. The van der Waals surface area contributed by atoms with E-state index in [1.54, 1.807) is 6.08 Å². The minimum Gasteiger partial charge on any atom is -0.350 e. The highest BCUT2D eigenvalue weighted by Crippen LogP contribution is 2.05. The van der Waals surface area contributed by atoms with E-state index in [1.807, 2.05) is 13.8 Å². The van der Waals surface area contributed by atoms with E-state index >= 15 is 0 Å². The van der Waals surface area contributed by atoms with Crippen LogP contribution in [0.4, 0.5) is 0 Å². The molecular formula is C10H20N2O. The van der Waals surface area contributed by atoms with E-state index in [0.29, 0.717) is 13.1 Å². The Morgan fingerprint density at radius 2 is 2.15 bits per heavy atom. The molecule has 0 fully saturated rings. The van der Waals surface area contributed by atoms with Gasteiger partial charge in [0.2, 0.25) is 5.91 Å². The van der Waals surface area contributed by atoms with E-state index in [1.165, 1.54) is 0 Å². The van der Waals surface area contributed by atoms with Crippen LogP contribution in [0.1, 0.15) is 27.2 Å². The van der Waals surface area contributed by atoms with Crippen molar-refractivity contribution < 1.29 is 4.79 Å². The molecule has 0 radical (unpaired) electrons. The summed E-state index contributed by atoms with van der Waals surface area (Å²) in [4.78, 5) is 11.3. The topological polar surface area (TPSA) is 41.1 Å². The van der Waals surface area contributed by atoms with Crippen molar-refractivity contribution in [2.45, 2.75) is 32.7 Å². The van der Waals surface area contributed by atoms with E-state index in [9.17, 15) is 4.79 Å². The fraction of sp³-hybridized carbons (Fsp3) is 0.700. The quantitative estimate of drug-likeness (QED) is 0.479. The van der Waals surface area contributed by atoms with Crippen LogP contribution in [0.3, 0.4) is 0 Å². The monoisotopic (exact) mass is 184 g/mol. The van der Waals surface area contributed by atoms with Gasteiger partial charge in [0.15, 0.2) is 0 Å². The average molecular weight is 184 g/mol. The van der Waals surface area contributed by atoms with Crippen molar-refractivity contribution in [3.63, 3.8) is 0 Å². The normalized spacial score (nSPS) is 11.0. The van der Waals surface area contributed by atoms with Gasteiger partial charge in [-0.05, 0) is 20.3 Å². The van der Waals surface area contributed by atoms with Gasteiger partial charge in [0.1, 0.15) is 0 Å². The lowest BCUT2D eigenvalue weighted by atomic mass is 10.0. The maximum Gasteiger partial charge on any atom is 0.234 e. The maximum atomic E-state index is 11.3. The largest absolute Gasteiger partial charge is 0.350 e. The average Bonchev–Trinajstić information content (AvgIpc) is 2.04. The van der Waals surface area contributed by atoms with Crippen LogP contribution in [0, 0.1) is 0 Å². The van der Waals surface area contributed by atoms with E-state index in [2.05, 4.69) is 24.1 Å². The summed E-state index contributed by atoms with van der Waals surface area (Å²) >= 11 is 0. The second kappa shape index (κ2) is 5.75. The van der Waals surface area contributed by atoms with Crippen LogP contribution in [0.5, 0.6) is 0 Å². The lowest BCUT2D eigenvalue weighted by Crippen LogP contribution is -2.46. The van der Waals surface area contributed by atoms with Crippen molar-refractivity contribution in [1.82, 2.24) is 10.6 Å². The van der Waals surface area contributed by atoms with Crippen LogP contribution in [-0.2, 0) is 4.79 Å². The molecule has 13 heavy (non-hydrogen) atoms. The Bertz CT molecular complexity index is 176. The van der Waals surface area contributed by atoms with Crippen molar-refractivity contribution >= 4 is 5.91 Å². The van der Waals surface area contributed by atoms with E-state index in [-0.39, 0.29) is 11.4 Å². The molecule has 0 aliphatic carbocycles. The van der Waals surface area contributed by atoms with Crippen molar-refractivity contribution in [2.24, 2.45) is 0 Å². The fourth-order valence-corrected chi connectivity index (χ4v) is 0.798. The standard InChI is InChI=1S/C10H20N2O/c1-5-7-11-8-9(13)12-10(3,4)6-2/h5,11H,1,6-8H2,2-4H3,(H,12,13). The summed E-state index contributed by atoms with van der Waals surface area (Å²) in [6.07, 6.45) is 2.67. The first kappa shape index (κ1) is 12.2. The molecule has 76 valence electrons. The molecule has 0 atom stereocenters. The summed E-state index contributed by atoms with van der Waals surface area (Å²) in [6, 6.07) is 0. The minimum absolute atomic E-state index is 0.0358. The number of rotatable bonds is 6. The number of hydrogen-bond acceptors (Lipinski definition) is 2. The van der Waals surface area contributed by atoms with Crippen LogP contribution in [-0.4, -0.2) is 24.5 Å². The third-order valence-electron chi connectivity index (χ3n) is 1.94. The first-order valence-corrected chi connectivity index (χ1v) is 4.64. The van der Waals surface area contributed by atoms with Gasteiger partial charge in [-0.25, -0.2) is 0 Å². The summed E-state index contributed by atoms with van der Waals surface area (Å²) in [5, 5.41) is 5.88. The third-order valence-corrected chi connectivity index (χ3v) is 1.94. The van der Waals surface area contributed by atoms with Crippen molar-refractivity contribution in [3.8, 4) is 0 Å². The van der Waals surface area contributed by atoms with Gasteiger partial charge in [-0.3, -0.25) is 4.79 Å². The molecule has 0 saturated heterocycles. The Hall–Kier alpha value is -0.830. The second-order valence-electron chi connectivity index (χ2n) is 3.71. The van der Waals surface area contributed by atoms with Gasteiger partial charge in [-0.15, -0.1) is 6.58 Å². The summed E-state index contributed by atoms with van der Waals surface area (Å²) in [5.74, 6) is 0.0358. The summed E-state index contributed by atoms with van der Waals surface area (Å²) in [6.45, 7) is 10.7. The maximum absolute atomic E-state index is 11.3. The predicted molar refractivity (Wildman–Crippen MR) is 55.6 cm³/mol. The van der Waals surface area contributed by atoms with Crippen molar-refractivity contribution in [3.05, 3.63) is 12.7 Å². The smallest absolute Gasteiger partial charge is 0.234 e. The molecule has 0 aromatic carbocycles. The van der Waals surface area contributed by atoms with E-state index in [0.717, 1.165) is 6.42 Å². The highest BCUT2D eigenvalue weighted by Gasteiger charge is 2.16. The molecule has 2 N–H and O–H groups in total. The van der Waals surface area contributed by atoms with Crippen molar-refractivity contribution in [2.75, 3.05) is 13.1 Å². The highest BCUT2D eigenvalue weighted by atomic mass is 16.2. The fourth-order valence-electron chi connectivity index (χ4n) is 0.798. The Morgan fingerprint density at radius 1 is 1.54 bits per heavy atom. The summed E-state index contributed by atoms with van der Waals surface area (Å²) in [5.41, 5.74) is -0.104. The Labute approximate surface area is 80.6 Å². The molecule has 0 saturated carbocycles. The zero-order valence-electron chi connectivity index (χ0n) is 8.81. The SMILES string of the molecule is C=CCNCC(=O)NC(C)(C)CC. The molecule has 1 amide bonds. The zero-order chi connectivity index (χ0) is 10.3. The predicted octanol–water partition coefficient (Wildman–Crippen LogP) is 1.07. The van der Waals surface area contributed by atoms with Gasteiger partial charge in [-0.2, -0.15) is 0 Å². The van der Waals surface area contributed by atoms with Gasteiger partial charge >= 0.3 is 0 Å². The lowest BCUT2D eigenvalue weighted by molar-refractivity contribution is -0.121. The third kappa shape index (κ3) is 6.34. The molecular weight excluding hydrogens is 164 g/mol. The molecule has 0 heterocycles. The summed E-state index contributed by atoms with van der Waals surface area (Å²) in [7, 11) is 0. The Morgan fingerprint density at radius 3 is 2.62 bits per heavy atom. The molecule has 3 heteroatoms. The number of carbonyl (C=O) groups is 1. The van der Waals surface area contributed by atoms with E-state index in [4.69, 9.17) is 0 Å². The van der Waals surface area contributed by atoms with Crippen LogP contribution < -0.4 is 10.6 Å². The number of hydrogen-bond donors (Lipinski definition) is 2. The molecule has 3 nitrogen and oxygen atoms in total. The van der Waals surface area contributed by atoms with Crippen LogP contribution in [0.15, 0.2) is 12.7 Å². The molecule has 0 aromatic rings. The highest BCUT2D eigenvalue weighted by molar-refractivity contribution is 5.78. The Kier molecular flexibility index (Phi) is 5.39. The zero-order valence-corrected chi connectivity index (χ0v) is 8.81. The first-order chi connectivity index (χ1) is 6.02. The van der Waals surface area contributed by atoms with Crippen LogP contribution >= 0.6 is 0 Å². The number of amides is 1. The van der Waals surface area contributed by atoms with Gasteiger partial charge in [0.05, 0.1) is 6.54 Å².